The summed E-state index contributed by atoms with van der Waals surface area (Å²) in [6.07, 6.45) is 4.95. The molecule has 1 amide bonds. The molecule has 1 aromatic carbocycles. The van der Waals surface area contributed by atoms with Gasteiger partial charge < -0.3 is 10.6 Å². The van der Waals surface area contributed by atoms with Gasteiger partial charge in [-0.25, -0.2) is 0 Å². The highest BCUT2D eigenvalue weighted by atomic mass is 16.2. The standard InChI is InChI=1S/C16H21N3O/c17-12-7-13-19(14-8-3-1-4-9-14)15(20)16(18)10-5-2-6-11-16/h1,3-4,8-9H,2,5-7,10-11,13,18H2. The Hall–Kier alpha value is -1.86. The van der Waals surface area contributed by atoms with Gasteiger partial charge in [0.1, 0.15) is 0 Å². The maximum atomic E-state index is 12.8. The number of para-hydroxylation sites is 1. The normalized spacial score (nSPS) is 17.2. The van der Waals surface area contributed by atoms with E-state index in [0.717, 1.165) is 37.8 Å². The van der Waals surface area contributed by atoms with E-state index in [2.05, 4.69) is 6.07 Å². The highest BCUT2D eigenvalue weighted by Gasteiger charge is 2.38. The van der Waals surface area contributed by atoms with E-state index in [1.807, 2.05) is 30.3 Å². The molecule has 4 heteroatoms. The summed E-state index contributed by atoms with van der Waals surface area (Å²) in [7, 11) is 0. The molecule has 1 aromatic rings. The van der Waals surface area contributed by atoms with Gasteiger partial charge in [0.25, 0.3) is 0 Å². The van der Waals surface area contributed by atoms with E-state index in [1.165, 1.54) is 0 Å². The third-order valence-electron chi connectivity index (χ3n) is 3.93. The van der Waals surface area contributed by atoms with E-state index in [9.17, 15) is 4.79 Å². The fraction of sp³-hybridized carbons (Fsp3) is 0.500. The van der Waals surface area contributed by atoms with E-state index in [0.29, 0.717) is 13.0 Å². The number of carbonyl (C=O) groups is 1. The minimum atomic E-state index is -0.760. The largest absolute Gasteiger partial charge is 0.317 e. The molecule has 0 spiro atoms. The maximum Gasteiger partial charge on any atom is 0.247 e. The number of hydrogen-bond acceptors (Lipinski definition) is 3. The monoisotopic (exact) mass is 271 g/mol. The fourth-order valence-electron chi connectivity index (χ4n) is 2.78. The topological polar surface area (TPSA) is 70.1 Å². The van der Waals surface area contributed by atoms with Crippen molar-refractivity contribution in [3.63, 3.8) is 0 Å². The molecule has 0 radical (unpaired) electrons. The summed E-state index contributed by atoms with van der Waals surface area (Å²) in [5.74, 6) is -0.0429. The molecule has 0 heterocycles. The summed E-state index contributed by atoms with van der Waals surface area (Å²) in [4.78, 5) is 14.5. The van der Waals surface area contributed by atoms with Crippen LogP contribution in [0.4, 0.5) is 5.69 Å². The Bertz CT molecular complexity index is 486. The summed E-state index contributed by atoms with van der Waals surface area (Å²) < 4.78 is 0. The molecule has 1 fully saturated rings. The van der Waals surface area contributed by atoms with Crippen molar-refractivity contribution >= 4 is 11.6 Å². The third-order valence-corrected chi connectivity index (χ3v) is 3.93. The summed E-state index contributed by atoms with van der Waals surface area (Å²) in [5, 5.41) is 8.80. The van der Waals surface area contributed by atoms with E-state index in [1.54, 1.807) is 4.90 Å². The second-order valence-electron chi connectivity index (χ2n) is 5.42. The van der Waals surface area contributed by atoms with E-state index >= 15 is 0 Å². The molecule has 0 saturated heterocycles. The molecule has 0 aromatic heterocycles. The number of hydrogen-bond donors (Lipinski definition) is 1. The van der Waals surface area contributed by atoms with Crippen LogP contribution in [-0.4, -0.2) is 18.0 Å². The van der Waals surface area contributed by atoms with Crippen LogP contribution in [-0.2, 0) is 4.79 Å². The number of rotatable bonds is 4. The second-order valence-corrected chi connectivity index (χ2v) is 5.42. The van der Waals surface area contributed by atoms with Gasteiger partial charge in [-0.05, 0) is 25.0 Å². The van der Waals surface area contributed by atoms with Gasteiger partial charge in [0, 0.05) is 12.2 Å². The van der Waals surface area contributed by atoms with Crippen LogP contribution in [0.2, 0.25) is 0 Å². The molecule has 4 nitrogen and oxygen atoms in total. The first kappa shape index (κ1) is 14.5. The molecule has 2 rings (SSSR count). The lowest BCUT2D eigenvalue weighted by Gasteiger charge is -2.36. The molecule has 20 heavy (non-hydrogen) atoms. The molecule has 1 saturated carbocycles. The first-order valence-electron chi connectivity index (χ1n) is 7.20. The van der Waals surface area contributed by atoms with Gasteiger partial charge >= 0.3 is 0 Å². The third kappa shape index (κ3) is 3.17. The van der Waals surface area contributed by atoms with Gasteiger partial charge in [-0.1, -0.05) is 37.5 Å². The van der Waals surface area contributed by atoms with Crippen LogP contribution in [0.15, 0.2) is 30.3 Å². The zero-order valence-corrected chi connectivity index (χ0v) is 11.7. The maximum absolute atomic E-state index is 12.8. The number of anilines is 1. The van der Waals surface area contributed by atoms with Gasteiger partial charge in [-0.2, -0.15) is 5.26 Å². The minimum absolute atomic E-state index is 0.0429. The van der Waals surface area contributed by atoms with Crippen molar-refractivity contribution in [3.8, 4) is 6.07 Å². The van der Waals surface area contributed by atoms with Gasteiger partial charge in [-0.15, -0.1) is 0 Å². The lowest BCUT2D eigenvalue weighted by Crippen LogP contribution is -2.56. The van der Waals surface area contributed by atoms with Crippen LogP contribution >= 0.6 is 0 Å². The van der Waals surface area contributed by atoms with Crippen LogP contribution in [0.1, 0.15) is 38.5 Å². The molecule has 0 atom stereocenters. The number of nitriles is 1. The fourth-order valence-corrected chi connectivity index (χ4v) is 2.78. The Morgan fingerprint density at radius 3 is 2.50 bits per heavy atom. The highest BCUT2D eigenvalue weighted by molar-refractivity contribution is 6.00. The quantitative estimate of drug-likeness (QED) is 0.915. The summed E-state index contributed by atoms with van der Waals surface area (Å²) in [5.41, 5.74) is 6.40. The van der Waals surface area contributed by atoms with Gasteiger partial charge in [0.2, 0.25) is 5.91 Å². The van der Waals surface area contributed by atoms with Crippen molar-refractivity contribution in [2.45, 2.75) is 44.1 Å². The van der Waals surface area contributed by atoms with Gasteiger partial charge in [0.15, 0.2) is 0 Å². The van der Waals surface area contributed by atoms with Crippen molar-refractivity contribution in [1.29, 1.82) is 5.26 Å². The van der Waals surface area contributed by atoms with Crippen LogP contribution in [0, 0.1) is 11.3 Å². The van der Waals surface area contributed by atoms with Gasteiger partial charge in [0.05, 0.1) is 18.0 Å². The Balaban J connectivity index is 2.22. The molecule has 0 aliphatic heterocycles. The SMILES string of the molecule is N#CCCN(C(=O)C1(N)CCCCC1)c1ccccc1. The van der Waals surface area contributed by atoms with Gasteiger partial charge in [-0.3, -0.25) is 4.79 Å². The molecule has 1 aliphatic carbocycles. The number of carbonyl (C=O) groups excluding carboxylic acids is 1. The molecule has 2 N–H and O–H groups in total. The second kappa shape index (κ2) is 6.53. The van der Waals surface area contributed by atoms with E-state index < -0.39 is 5.54 Å². The minimum Gasteiger partial charge on any atom is -0.317 e. The molecular weight excluding hydrogens is 250 g/mol. The number of benzene rings is 1. The molecule has 106 valence electrons. The average Bonchev–Trinajstić information content (AvgIpc) is 2.49. The summed E-state index contributed by atoms with van der Waals surface area (Å²) in [6.45, 7) is 0.401. The van der Waals surface area contributed by atoms with Crippen LogP contribution in [0.25, 0.3) is 0 Å². The summed E-state index contributed by atoms with van der Waals surface area (Å²) >= 11 is 0. The molecule has 0 unspecified atom stereocenters. The van der Waals surface area contributed by atoms with Crippen molar-refractivity contribution < 1.29 is 4.79 Å². The average molecular weight is 271 g/mol. The van der Waals surface area contributed by atoms with Crippen LogP contribution in [0.5, 0.6) is 0 Å². The predicted octanol–water partition coefficient (Wildman–Crippen LogP) is 2.59. The molecule has 1 aliphatic rings. The number of nitrogens with two attached hydrogens (primary N) is 1. The Kier molecular flexibility index (Phi) is 4.75. The van der Waals surface area contributed by atoms with Crippen molar-refractivity contribution in [2.24, 2.45) is 5.73 Å². The molecule has 0 bridgehead atoms. The first-order valence-corrected chi connectivity index (χ1v) is 7.20. The van der Waals surface area contributed by atoms with Crippen molar-refractivity contribution in [1.82, 2.24) is 0 Å². The van der Waals surface area contributed by atoms with E-state index in [-0.39, 0.29) is 5.91 Å². The smallest absolute Gasteiger partial charge is 0.247 e. The zero-order valence-electron chi connectivity index (χ0n) is 11.7. The predicted molar refractivity (Wildman–Crippen MR) is 79.0 cm³/mol. The Labute approximate surface area is 120 Å². The van der Waals surface area contributed by atoms with Crippen molar-refractivity contribution in [2.75, 3.05) is 11.4 Å². The number of nitrogens with zero attached hydrogens (tertiary/aromatic N) is 2. The van der Waals surface area contributed by atoms with Crippen LogP contribution < -0.4 is 10.6 Å². The lowest BCUT2D eigenvalue weighted by atomic mass is 9.81. The first-order chi connectivity index (χ1) is 9.67. The van der Waals surface area contributed by atoms with Crippen LogP contribution in [0.3, 0.4) is 0 Å². The summed E-state index contributed by atoms with van der Waals surface area (Å²) in [6, 6.07) is 11.6. The van der Waals surface area contributed by atoms with E-state index in [4.69, 9.17) is 11.0 Å². The Morgan fingerprint density at radius 1 is 1.25 bits per heavy atom. The highest BCUT2D eigenvalue weighted by Crippen LogP contribution is 2.29. The van der Waals surface area contributed by atoms with Crippen molar-refractivity contribution in [3.05, 3.63) is 30.3 Å². The molecular formula is C16H21N3O. The zero-order chi connectivity index (χ0) is 14.4. The number of amides is 1. The Morgan fingerprint density at radius 2 is 1.90 bits per heavy atom. The lowest BCUT2D eigenvalue weighted by molar-refractivity contribution is -0.124.